The second-order valence-corrected chi connectivity index (χ2v) is 10.1. The van der Waals surface area contributed by atoms with Crippen molar-refractivity contribution in [3.63, 3.8) is 0 Å². The zero-order chi connectivity index (χ0) is 25.5. The van der Waals surface area contributed by atoms with Crippen LogP contribution in [0.4, 0.5) is 0 Å². The number of amides is 1. The van der Waals surface area contributed by atoms with Crippen LogP contribution in [0.25, 0.3) is 21.9 Å². The summed E-state index contributed by atoms with van der Waals surface area (Å²) in [4.78, 5) is 37.1. The van der Waals surface area contributed by atoms with Gasteiger partial charge in [0, 0.05) is 27.4 Å². The van der Waals surface area contributed by atoms with E-state index in [1.54, 1.807) is 43.5 Å². The minimum Gasteiger partial charge on any atom is -0.548 e. The fraction of sp³-hybridized carbons (Fsp3) is 0.296. The first-order chi connectivity index (χ1) is 16.4. The van der Waals surface area contributed by atoms with Crippen molar-refractivity contribution in [2.75, 3.05) is 0 Å². The molecule has 0 aliphatic heterocycles. The minimum atomic E-state index is -1.42. The quantitative estimate of drug-likeness (QED) is 0.408. The highest BCUT2D eigenvalue weighted by atomic mass is 35.5. The van der Waals surface area contributed by atoms with E-state index in [0.29, 0.717) is 32.7 Å². The maximum Gasteiger partial charge on any atom is 0.340 e. The summed E-state index contributed by atoms with van der Waals surface area (Å²) < 4.78 is 11.2. The molecule has 0 saturated heterocycles. The van der Waals surface area contributed by atoms with Crippen LogP contribution in [-0.4, -0.2) is 17.9 Å². The Balaban J connectivity index is 1.63. The Hall–Kier alpha value is -3.58. The van der Waals surface area contributed by atoms with E-state index in [2.05, 4.69) is 26.1 Å². The Morgan fingerprint density at radius 3 is 2.40 bits per heavy atom. The molecule has 1 atom stereocenters. The van der Waals surface area contributed by atoms with Crippen molar-refractivity contribution in [2.45, 2.75) is 52.0 Å². The van der Waals surface area contributed by atoms with Crippen LogP contribution in [0, 0.1) is 6.92 Å². The van der Waals surface area contributed by atoms with Gasteiger partial charge in [0.05, 0.1) is 30.3 Å². The molecule has 0 bridgehead atoms. The molecule has 2 aromatic heterocycles. The lowest BCUT2D eigenvalue weighted by molar-refractivity contribution is -0.308. The molecule has 0 unspecified atom stereocenters. The topological polar surface area (TPSA) is 113 Å². The Morgan fingerprint density at radius 2 is 1.77 bits per heavy atom. The van der Waals surface area contributed by atoms with Gasteiger partial charge in [0.25, 0.3) is 0 Å². The van der Waals surface area contributed by atoms with Crippen LogP contribution in [0.3, 0.4) is 0 Å². The third-order valence-corrected chi connectivity index (χ3v) is 6.35. The van der Waals surface area contributed by atoms with Crippen molar-refractivity contribution in [3.05, 3.63) is 80.4 Å². The van der Waals surface area contributed by atoms with Gasteiger partial charge >= 0.3 is 5.63 Å². The van der Waals surface area contributed by atoms with Crippen LogP contribution in [0.15, 0.2) is 56.3 Å². The summed E-state index contributed by atoms with van der Waals surface area (Å²) in [5.74, 6) is -2.05. The predicted molar refractivity (Wildman–Crippen MR) is 131 cm³/mol. The van der Waals surface area contributed by atoms with Gasteiger partial charge in [0.1, 0.15) is 11.2 Å². The third kappa shape index (κ3) is 5.10. The number of carboxylic acid groups (broad SMARTS) is 1. The van der Waals surface area contributed by atoms with E-state index in [-0.39, 0.29) is 23.8 Å². The summed E-state index contributed by atoms with van der Waals surface area (Å²) in [6.07, 6.45) is 1.39. The van der Waals surface area contributed by atoms with Gasteiger partial charge in [-0.05, 0) is 48.1 Å². The average Bonchev–Trinajstić information content (AvgIpc) is 3.20. The van der Waals surface area contributed by atoms with Gasteiger partial charge in [0.2, 0.25) is 5.91 Å². The van der Waals surface area contributed by atoms with Crippen LogP contribution < -0.4 is 16.0 Å². The van der Waals surface area contributed by atoms with E-state index in [0.717, 1.165) is 10.9 Å². The lowest BCUT2D eigenvalue weighted by Gasteiger charge is -2.20. The van der Waals surface area contributed by atoms with E-state index < -0.39 is 23.5 Å². The van der Waals surface area contributed by atoms with Gasteiger partial charge in [-0.25, -0.2) is 4.79 Å². The summed E-state index contributed by atoms with van der Waals surface area (Å²) in [6.45, 7) is 7.97. The second kappa shape index (κ2) is 9.23. The molecule has 0 fully saturated rings. The molecule has 0 aliphatic carbocycles. The minimum absolute atomic E-state index is 0.0185. The Kier molecular flexibility index (Phi) is 6.47. The summed E-state index contributed by atoms with van der Waals surface area (Å²) in [7, 11) is 0. The maximum atomic E-state index is 12.7. The number of aliphatic carboxylic acids is 1. The highest BCUT2D eigenvalue weighted by molar-refractivity contribution is 6.30. The van der Waals surface area contributed by atoms with Gasteiger partial charge in [-0.3, -0.25) is 4.79 Å². The number of furan rings is 1. The highest BCUT2D eigenvalue weighted by Gasteiger charge is 2.23. The van der Waals surface area contributed by atoms with Crippen molar-refractivity contribution in [1.29, 1.82) is 0 Å². The van der Waals surface area contributed by atoms with Crippen molar-refractivity contribution in [1.82, 2.24) is 5.32 Å². The van der Waals surface area contributed by atoms with Gasteiger partial charge in [0.15, 0.2) is 0 Å². The lowest BCUT2D eigenvalue weighted by Crippen LogP contribution is -2.49. The number of aryl methyl sites for hydroxylation is 1. The maximum absolute atomic E-state index is 12.7. The first-order valence-electron chi connectivity index (χ1n) is 11.2. The van der Waals surface area contributed by atoms with E-state index in [1.807, 2.05) is 6.07 Å². The smallest absolute Gasteiger partial charge is 0.340 e. The van der Waals surface area contributed by atoms with E-state index in [9.17, 15) is 19.5 Å². The van der Waals surface area contributed by atoms with Gasteiger partial charge in [-0.1, -0.05) is 44.5 Å². The molecule has 4 rings (SSSR count). The average molecular weight is 495 g/mol. The third-order valence-electron chi connectivity index (χ3n) is 6.10. The fourth-order valence-electron chi connectivity index (χ4n) is 4.15. The Morgan fingerprint density at radius 1 is 1.09 bits per heavy atom. The second-order valence-electron chi connectivity index (χ2n) is 9.68. The lowest BCUT2D eigenvalue weighted by atomic mass is 9.86. The molecule has 35 heavy (non-hydrogen) atoms. The van der Waals surface area contributed by atoms with Crippen LogP contribution in [-0.2, 0) is 27.8 Å². The number of rotatable bonds is 6. The molecular formula is C27H25ClNO6-. The molecule has 2 aromatic carbocycles. The van der Waals surface area contributed by atoms with Crippen LogP contribution in [0.2, 0.25) is 5.02 Å². The van der Waals surface area contributed by atoms with Gasteiger partial charge in [-0.15, -0.1) is 0 Å². The van der Waals surface area contributed by atoms with Crippen molar-refractivity contribution in [2.24, 2.45) is 0 Å². The number of carbonyl (C=O) groups excluding carboxylic acids is 2. The molecular weight excluding hydrogens is 470 g/mol. The van der Waals surface area contributed by atoms with Crippen molar-refractivity contribution in [3.8, 4) is 0 Å². The number of nitrogens with one attached hydrogen (secondary N) is 1. The molecule has 0 aliphatic rings. The Bertz CT molecular complexity index is 1490. The monoisotopic (exact) mass is 494 g/mol. The van der Waals surface area contributed by atoms with Gasteiger partial charge in [-0.2, -0.15) is 0 Å². The summed E-state index contributed by atoms with van der Waals surface area (Å²) in [5, 5.41) is 16.2. The number of hydrogen-bond donors (Lipinski definition) is 1. The number of hydrogen-bond acceptors (Lipinski definition) is 6. The molecule has 8 heteroatoms. The van der Waals surface area contributed by atoms with Crippen LogP contribution in [0.5, 0.6) is 0 Å². The summed E-state index contributed by atoms with van der Waals surface area (Å²) in [5.41, 5.74) is 2.59. The van der Waals surface area contributed by atoms with E-state index >= 15 is 0 Å². The first-order valence-corrected chi connectivity index (χ1v) is 11.5. The molecule has 7 nitrogen and oxygen atoms in total. The molecule has 182 valence electrons. The number of fused-ring (bicyclic) bond motifs is 2. The largest absolute Gasteiger partial charge is 0.548 e. The van der Waals surface area contributed by atoms with Crippen LogP contribution >= 0.6 is 11.6 Å². The fourth-order valence-corrected chi connectivity index (χ4v) is 4.28. The number of benzene rings is 2. The number of carboxylic acids is 1. The highest BCUT2D eigenvalue weighted by Crippen LogP contribution is 2.35. The molecule has 0 radical (unpaired) electrons. The zero-order valence-electron chi connectivity index (χ0n) is 19.9. The Labute approximate surface area is 206 Å². The molecule has 4 aromatic rings. The summed E-state index contributed by atoms with van der Waals surface area (Å²) >= 11 is 5.87. The van der Waals surface area contributed by atoms with Crippen molar-refractivity contribution < 1.29 is 23.5 Å². The zero-order valence-corrected chi connectivity index (χ0v) is 20.6. The molecule has 0 saturated carbocycles. The number of carbonyl (C=O) groups is 2. The molecule has 1 N–H and O–H groups in total. The first kappa shape index (κ1) is 24.5. The van der Waals surface area contributed by atoms with Crippen molar-refractivity contribution >= 4 is 45.4 Å². The standard InChI is InChI=1S/C27H26ClNO6/c1-14-17-10-19-20(27(2,3)4)13-34-22(19)12-23(17)35-26(33)18(14)11-24(30)29-21(25(31)32)9-15-5-7-16(28)8-6-15/h5-8,10,12-13,21H,9,11H2,1-4H3,(H,29,30)(H,31,32)/p-1/t21-/m0/s1. The normalized spacial score (nSPS) is 12.7. The van der Waals surface area contributed by atoms with Gasteiger partial charge < -0.3 is 24.1 Å². The summed E-state index contributed by atoms with van der Waals surface area (Å²) in [6, 6.07) is 8.93. The molecule has 2 heterocycles. The number of halogens is 1. The molecule has 0 spiro atoms. The van der Waals surface area contributed by atoms with E-state index in [4.69, 9.17) is 20.4 Å². The SMILES string of the molecule is Cc1c(CC(=O)N[C@@H](Cc2ccc(Cl)cc2)C(=O)[O-])c(=O)oc2cc3occ(C(C)(C)C)c3cc12. The predicted octanol–water partition coefficient (Wildman–Crippen LogP) is 3.82. The van der Waals surface area contributed by atoms with Crippen LogP contribution in [0.1, 0.15) is 43.0 Å². The molecule has 1 amide bonds. The van der Waals surface area contributed by atoms with E-state index in [1.165, 1.54) is 0 Å².